The molecule has 2 aromatic rings. The molecule has 1 fully saturated rings. The Hall–Kier alpha value is -3.59. The standard InChI is InChI=1S/C39H57Cl2N5O8S/c1-28-31(40)15-16-32(35(28)41)55(51,52)46(24-19-29-13-9-8-10-14-29)27-33(47)43-25-34(48)45(21-12-11-20-42-36(49)53-38(2,3)4)26-30-17-22-44(23-18-30)37(50)54-39(5,6)7/h8-10,13-16,30H,11-12,17-27H2,1-7H3,(H,42,49)(H,43,47). The highest BCUT2D eigenvalue weighted by molar-refractivity contribution is 7.89. The summed E-state index contributed by atoms with van der Waals surface area (Å²) in [5, 5.41) is 5.65. The van der Waals surface area contributed by atoms with E-state index in [0.717, 1.165) is 9.87 Å². The van der Waals surface area contributed by atoms with Crippen LogP contribution in [0.2, 0.25) is 10.0 Å². The molecule has 16 heteroatoms. The topological polar surface area (TPSA) is 155 Å². The predicted molar refractivity (Wildman–Crippen MR) is 214 cm³/mol. The van der Waals surface area contributed by atoms with Crippen LogP contribution >= 0.6 is 23.2 Å². The lowest BCUT2D eigenvalue weighted by Gasteiger charge is -2.35. The van der Waals surface area contributed by atoms with Crippen LogP contribution in [-0.4, -0.2) is 110 Å². The van der Waals surface area contributed by atoms with Crippen LogP contribution in [0.25, 0.3) is 0 Å². The highest BCUT2D eigenvalue weighted by Gasteiger charge is 2.31. The maximum absolute atomic E-state index is 13.9. The van der Waals surface area contributed by atoms with Gasteiger partial charge in [-0.15, -0.1) is 0 Å². The van der Waals surface area contributed by atoms with Gasteiger partial charge in [0.2, 0.25) is 21.8 Å². The summed E-state index contributed by atoms with van der Waals surface area (Å²) in [6.45, 7) is 13.6. The smallest absolute Gasteiger partial charge is 0.410 e. The van der Waals surface area contributed by atoms with Crippen LogP contribution in [0.1, 0.15) is 78.4 Å². The Bertz CT molecular complexity index is 1720. The summed E-state index contributed by atoms with van der Waals surface area (Å²) in [6, 6.07) is 12.1. The number of unbranched alkanes of at least 4 members (excludes halogenated alkanes) is 1. The summed E-state index contributed by atoms with van der Waals surface area (Å²) in [7, 11) is -4.25. The number of benzene rings is 2. The molecule has 2 aromatic carbocycles. The van der Waals surface area contributed by atoms with E-state index in [4.69, 9.17) is 32.7 Å². The third-order valence-corrected chi connectivity index (χ3v) is 11.7. The molecular formula is C39H57Cl2N5O8S. The van der Waals surface area contributed by atoms with Gasteiger partial charge in [0.1, 0.15) is 16.1 Å². The van der Waals surface area contributed by atoms with E-state index < -0.39 is 39.8 Å². The number of halogens is 2. The quantitative estimate of drug-likeness (QED) is 0.184. The average molecular weight is 827 g/mol. The van der Waals surface area contributed by atoms with Gasteiger partial charge in [0.25, 0.3) is 0 Å². The molecule has 0 bridgehead atoms. The lowest BCUT2D eigenvalue weighted by atomic mass is 9.96. The van der Waals surface area contributed by atoms with Crippen molar-refractivity contribution >= 4 is 57.2 Å². The molecule has 2 N–H and O–H groups in total. The summed E-state index contributed by atoms with van der Waals surface area (Å²) in [5.74, 6) is -0.888. The molecule has 0 unspecified atom stereocenters. The Morgan fingerprint density at radius 3 is 2.13 bits per heavy atom. The lowest BCUT2D eigenvalue weighted by Crippen LogP contribution is -2.48. The first-order chi connectivity index (χ1) is 25.7. The van der Waals surface area contributed by atoms with Gasteiger partial charge in [-0.1, -0.05) is 53.5 Å². The first-order valence-electron chi connectivity index (χ1n) is 18.6. The molecule has 1 aliphatic heterocycles. The summed E-state index contributed by atoms with van der Waals surface area (Å²) in [5.41, 5.74) is 0.0523. The number of piperidine rings is 1. The summed E-state index contributed by atoms with van der Waals surface area (Å²) in [6.07, 6.45) is 1.92. The molecule has 4 amide bonds. The number of nitrogens with one attached hydrogen (secondary N) is 2. The van der Waals surface area contributed by atoms with Gasteiger partial charge in [-0.2, -0.15) is 4.31 Å². The molecule has 0 atom stereocenters. The Labute approximate surface area is 336 Å². The number of nitrogens with zero attached hydrogens (tertiary/aromatic N) is 3. The Balaban J connectivity index is 1.68. The molecule has 1 heterocycles. The van der Waals surface area contributed by atoms with Gasteiger partial charge in [-0.05, 0) is 110 Å². The highest BCUT2D eigenvalue weighted by atomic mass is 35.5. The Kier molecular flexibility index (Phi) is 17.1. The zero-order valence-electron chi connectivity index (χ0n) is 33.1. The molecule has 1 aliphatic rings. The third kappa shape index (κ3) is 15.5. The number of alkyl carbamates (subject to hydrolysis) is 1. The first-order valence-corrected chi connectivity index (χ1v) is 20.8. The number of sulfonamides is 1. The van der Waals surface area contributed by atoms with Gasteiger partial charge in [0.15, 0.2) is 0 Å². The van der Waals surface area contributed by atoms with E-state index in [1.165, 1.54) is 12.1 Å². The minimum atomic E-state index is -4.25. The van der Waals surface area contributed by atoms with Crippen LogP contribution in [0, 0.1) is 12.8 Å². The molecule has 1 saturated heterocycles. The molecule has 0 spiro atoms. The maximum Gasteiger partial charge on any atom is 0.410 e. The normalized spacial score (nSPS) is 14.0. The third-order valence-electron chi connectivity index (χ3n) is 8.77. The molecule has 3 rings (SSSR count). The molecular weight excluding hydrogens is 769 g/mol. The van der Waals surface area contributed by atoms with Crippen molar-refractivity contribution in [1.82, 2.24) is 24.7 Å². The number of ether oxygens (including phenoxy) is 2. The Morgan fingerprint density at radius 1 is 0.873 bits per heavy atom. The molecule has 306 valence electrons. The number of hydrogen-bond acceptors (Lipinski definition) is 8. The van der Waals surface area contributed by atoms with Crippen molar-refractivity contribution in [3.8, 4) is 0 Å². The van der Waals surface area contributed by atoms with E-state index in [0.29, 0.717) is 75.4 Å². The van der Waals surface area contributed by atoms with Crippen molar-refractivity contribution in [2.24, 2.45) is 5.92 Å². The van der Waals surface area contributed by atoms with E-state index in [1.54, 1.807) is 37.5 Å². The minimum absolute atomic E-state index is 0.0167. The summed E-state index contributed by atoms with van der Waals surface area (Å²) >= 11 is 12.6. The monoisotopic (exact) mass is 825 g/mol. The second kappa shape index (κ2) is 20.5. The van der Waals surface area contributed by atoms with E-state index in [2.05, 4.69) is 10.6 Å². The van der Waals surface area contributed by atoms with Crippen molar-refractivity contribution in [2.45, 2.75) is 96.7 Å². The van der Waals surface area contributed by atoms with Crippen LogP contribution in [0.4, 0.5) is 9.59 Å². The number of carbonyl (C=O) groups excluding carboxylic acids is 4. The first kappa shape index (κ1) is 45.8. The van der Waals surface area contributed by atoms with Crippen molar-refractivity contribution in [3.05, 3.63) is 63.6 Å². The molecule has 0 radical (unpaired) electrons. The second-order valence-corrected chi connectivity index (χ2v) is 18.4. The van der Waals surface area contributed by atoms with Crippen LogP contribution in [0.3, 0.4) is 0 Å². The fraction of sp³-hybridized carbons (Fsp3) is 0.590. The summed E-state index contributed by atoms with van der Waals surface area (Å²) in [4.78, 5) is 54.9. The van der Waals surface area contributed by atoms with E-state index in [9.17, 15) is 27.6 Å². The fourth-order valence-electron chi connectivity index (χ4n) is 5.85. The van der Waals surface area contributed by atoms with Crippen LogP contribution in [0.5, 0.6) is 0 Å². The van der Waals surface area contributed by atoms with Crippen molar-refractivity contribution in [3.63, 3.8) is 0 Å². The second-order valence-electron chi connectivity index (χ2n) is 15.7. The molecule has 0 aliphatic carbocycles. The van der Waals surface area contributed by atoms with E-state index >= 15 is 0 Å². The van der Waals surface area contributed by atoms with E-state index in [1.807, 2.05) is 51.1 Å². The van der Waals surface area contributed by atoms with Crippen molar-refractivity contribution in [2.75, 3.05) is 52.4 Å². The minimum Gasteiger partial charge on any atom is -0.444 e. The number of amides is 4. The zero-order chi connectivity index (χ0) is 41.0. The van der Waals surface area contributed by atoms with Crippen LogP contribution in [-0.2, 0) is 35.5 Å². The number of hydrogen-bond donors (Lipinski definition) is 2. The average Bonchev–Trinajstić information content (AvgIpc) is 3.09. The largest absolute Gasteiger partial charge is 0.444 e. The number of carbonyl (C=O) groups is 4. The van der Waals surface area contributed by atoms with E-state index in [-0.39, 0.29) is 40.9 Å². The van der Waals surface area contributed by atoms with Gasteiger partial charge in [-0.3, -0.25) is 9.59 Å². The summed E-state index contributed by atoms with van der Waals surface area (Å²) < 4.78 is 39.7. The predicted octanol–water partition coefficient (Wildman–Crippen LogP) is 6.43. The zero-order valence-corrected chi connectivity index (χ0v) is 35.4. The molecule has 55 heavy (non-hydrogen) atoms. The van der Waals surface area contributed by atoms with Crippen LogP contribution in [0.15, 0.2) is 47.4 Å². The van der Waals surface area contributed by atoms with Gasteiger partial charge in [0.05, 0.1) is 18.1 Å². The van der Waals surface area contributed by atoms with Gasteiger partial charge < -0.3 is 29.9 Å². The fourth-order valence-corrected chi connectivity index (χ4v) is 8.03. The van der Waals surface area contributed by atoms with Crippen LogP contribution < -0.4 is 10.6 Å². The lowest BCUT2D eigenvalue weighted by molar-refractivity contribution is -0.133. The van der Waals surface area contributed by atoms with Gasteiger partial charge in [-0.25, -0.2) is 18.0 Å². The number of likely N-dealkylation sites (tertiary alicyclic amines) is 1. The molecule has 13 nitrogen and oxygen atoms in total. The van der Waals surface area contributed by atoms with Gasteiger partial charge in [0, 0.05) is 44.3 Å². The van der Waals surface area contributed by atoms with Gasteiger partial charge >= 0.3 is 12.2 Å². The number of rotatable bonds is 16. The SMILES string of the molecule is Cc1c(Cl)ccc(S(=O)(=O)N(CCc2ccccc2)CC(=O)NCC(=O)N(CCCCNC(=O)OC(C)(C)C)CC2CCN(C(=O)OC(C)(C)C)CC2)c1Cl. The molecule has 0 aromatic heterocycles. The Morgan fingerprint density at radius 2 is 1.51 bits per heavy atom. The molecule has 0 saturated carbocycles. The van der Waals surface area contributed by atoms with Crippen molar-refractivity contribution in [1.29, 1.82) is 0 Å². The maximum atomic E-state index is 13.9. The van der Waals surface area contributed by atoms with Crippen molar-refractivity contribution < 1.29 is 37.1 Å². The highest BCUT2D eigenvalue weighted by Crippen LogP contribution is 2.32.